The third-order valence-corrected chi connectivity index (χ3v) is 3.04. The number of pyridine rings is 1. The first kappa shape index (κ1) is 14.1. The molecule has 1 aromatic rings. The van der Waals surface area contributed by atoms with Gasteiger partial charge in [-0.15, -0.1) is 0 Å². The van der Waals surface area contributed by atoms with Crippen LogP contribution in [0.15, 0.2) is 22.8 Å². The third-order valence-electron chi connectivity index (χ3n) is 2.58. The normalized spacial score (nSPS) is 12.7. The molecule has 1 unspecified atom stereocenters. The molecule has 0 bridgehead atoms. The number of hydrogen-bond acceptors (Lipinski definition) is 3. The molecule has 1 N–H and O–H groups in total. The molecule has 1 heterocycles. The lowest BCUT2D eigenvalue weighted by Gasteiger charge is -2.21. The van der Waals surface area contributed by atoms with Gasteiger partial charge in [0.25, 0.3) is 0 Å². The van der Waals surface area contributed by atoms with Gasteiger partial charge in [0.2, 0.25) is 0 Å². The molecule has 1 aromatic heterocycles. The Labute approximate surface area is 110 Å². The molecule has 0 saturated heterocycles. The molecule has 5 heteroatoms. The van der Waals surface area contributed by atoms with Crippen molar-refractivity contribution < 1.29 is 9.90 Å². The topological polar surface area (TPSA) is 53.4 Å². The summed E-state index contributed by atoms with van der Waals surface area (Å²) in [4.78, 5) is 17.2. The maximum Gasteiger partial charge on any atom is 0.307 e. The Balaban J connectivity index is 2.57. The quantitative estimate of drug-likeness (QED) is 0.876. The summed E-state index contributed by atoms with van der Waals surface area (Å²) in [5, 5.41) is 8.88. The summed E-state index contributed by atoms with van der Waals surface area (Å²) in [5.74, 6) is -1.11. The maximum atomic E-state index is 10.8. The number of hydrogen-bond donors (Lipinski definition) is 1. The minimum Gasteiger partial charge on any atom is -0.481 e. The monoisotopic (exact) mass is 300 g/mol. The van der Waals surface area contributed by atoms with Gasteiger partial charge in [-0.3, -0.25) is 14.7 Å². The Morgan fingerprint density at radius 1 is 1.59 bits per heavy atom. The standard InChI is InChI=1S/C12H17BrN2O2/c1-3-15(7-9(2)12(16)17)8-11-5-4-10(13)6-14-11/h4-6,9H,3,7-8H2,1-2H3,(H,16,17). The Bertz CT molecular complexity index is 367. The summed E-state index contributed by atoms with van der Waals surface area (Å²) in [6, 6.07) is 3.88. The van der Waals surface area contributed by atoms with Gasteiger partial charge in [-0.1, -0.05) is 13.8 Å². The second-order valence-electron chi connectivity index (χ2n) is 4.03. The summed E-state index contributed by atoms with van der Waals surface area (Å²) in [6.07, 6.45) is 1.75. The van der Waals surface area contributed by atoms with E-state index in [2.05, 4.69) is 25.8 Å². The largest absolute Gasteiger partial charge is 0.481 e. The molecule has 1 rings (SSSR count). The van der Waals surface area contributed by atoms with E-state index in [1.165, 1.54) is 0 Å². The molecule has 1 atom stereocenters. The number of aliphatic carboxylic acids is 1. The molecule has 0 aliphatic heterocycles. The molecule has 0 aliphatic rings. The maximum absolute atomic E-state index is 10.8. The van der Waals surface area contributed by atoms with Crippen LogP contribution in [0.25, 0.3) is 0 Å². The van der Waals surface area contributed by atoms with Gasteiger partial charge in [-0.25, -0.2) is 0 Å². The zero-order valence-corrected chi connectivity index (χ0v) is 11.6. The Morgan fingerprint density at radius 2 is 2.29 bits per heavy atom. The SMILES string of the molecule is CCN(Cc1ccc(Br)cn1)CC(C)C(=O)O. The average molecular weight is 301 g/mol. The van der Waals surface area contributed by atoms with Crippen LogP contribution in [-0.2, 0) is 11.3 Å². The highest BCUT2D eigenvalue weighted by atomic mass is 79.9. The van der Waals surface area contributed by atoms with Crippen LogP contribution >= 0.6 is 15.9 Å². The summed E-state index contributed by atoms with van der Waals surface area (Å²) < 4.78 is 0.947. The smallest absolute Gasteiger partial charge is 0.307 e. The van der Waals surface area contributed by atoms with E-state index in [0.29, 0.717) is 13.1 Å². The zero-order valence-electron chi connectivity index (χ0n) is 10.1. The number of rotatable bonds is 6. The summed E-state index contributed by atoms with van der Waals surface area (Å²) in [6.45, 7) is 5.79. The molecule has 0 aliphatic carbocycles. The van der Waals surface area contributed by atoms with Crippen molar-refractivity contribution in [2.75, 3.05) is 13.1 Å². The molecule has 0 aromatic carbocycles. The molecule has 0 fully saturated rings. The zero-order chi connectivity index (χ0) is 12.8. The van der Waals surface area contributed by atoms with E-state index in [-0.39, 0.29) is 5.92 Å². The van der Waals surface area contributed by atoms with Crippen molar-refractivity contribution in [3.8, 4) is 0 Å². The first-order valence-corrected chi connectivity index (χ1v) is 6.37. The molecular weight excluding hydrogens is 284 g/mol. The first-order chi connectivity index (χ1) is 8.02. The van der Waals surface area contributed by atoms with Crippen molar-refractivity contribution in [3.05, 3.63) is 28.5 Å². The van der Waals surface area contributed by atoms with Crippen molar-refractivity contribution in [1.29, 1.82) is 0 Å². The van der Waals surface area contributed by atoms with Crippen LogP contribution in [0.5, 0.6) is 0 Å². The van der Waals surface area contributed by atoms with Crippen LogP contribution in [0.1, 0.15) is 19.5 Å². The number of aromatic nitrogens is 1. The molecule has 17 heavy (non-hydrogen) atoms. The Hall–Kier alpha value is -0.940. The molecule has 0 spiro atoms. The predicted molar refractivity (Wildman–Crippen MR) is 69.7 cm³/mol. The summed E-state index contributed by atoms with van der Waals surface area (Å²) in [7, 11) is 0. The highest BCUT2D eigenvalue weighted by Gasteiger charge is 2.15. The number of nitrogens with zero attached hydrogens (tertiary/aromatic N) is 2. The lowest BCUT2D eigenvalue weighted by molar-refractivity contribution is -0.141. The minimum absolute atomic E-state index is 0.356. The van der Waals surface area contributed by atoms with E-state index in [9.17, 15) is 4.79 Å². The fraction of sp³-hybridized carbons (Fsp3) is 0.500. The molecule has 0 radical (unpaired) electrons. The molecule has 0 amide bonds. The lowest BCUT2D eigenvalue weighted by Crippen LogP contribution is -2.31. The Kier molecular flexibility index (Phi) is 5.58. The second kappa shape index (κ2) is 6.71. The van der Waals surface area contributed by atoms with Gasteiger partial charge in [0.15, 0.2) is 0 Å². The van der Waals surface area contributed by atoms with E-state index in [4.69, 9.17) is 5.11 Å². The number of carbonyl (C=O) groups is 1. The predicted octanol–water partition coefficient (Wildman–Crippen LogP) is 2.39. The van der Waals surface area contributed by atoms with Gasteiger partial charge in [-0.2, -0.15) is 0 Å². The van der Waals surface area contributed by atoms with E-state index >= 15 is 0 Å². The Morgan fingerprint density at radius 3 is 2.76 bits per heavy atom. The van der Waals surface area contributed by atoms with Gasteiger partial charge in [0.05, 0.1) is 11.6 Å². The van der Waals surface area contributed by atoms with E-state index < -0.39 is 5.97 Å². The van der Waals surface area contributed by atoms with Gasteiger partial charge >= 0.3 is 5.97 Å². The van der Waals surface area contributed by atoms with Gasteiger partial charge in [0, 0.05) is 23.8 Å². The second-order valence-corrected chi connectivity index (χ2v) is 4.95. The van der Waals surface area contributed by atoms with Crippen molar-refractivity contribution in [2.24, 2.45) is 5.92 Å². The first-order valence-electron chi connectivity index (χ1n) is 5.58. The number of halogens is 1. The van der Waals surface area contributed by atoms with Crippen LogP contribution in [0.4, 0.5) is 0 Å². The van der Waals surface area contributed by atoms with E-state index in [0.717, 1.165) is 16.7 Å². The molecule has 4 nitrogen and oxygen atoms in total. The van der Waals surface area contributed by atoms with Crippen molar-refractivity contribution in [1.82, 2.24) is 9.88 Å². The van der Waals surface area contributed by atoms with Crippen LogP contribution in [0.3, 0.4) is 0 Å². The average Bonchev–Trinajstić information content (AvgIpc) is 2.30. The van der Waals surface area contributed by atoms with E-state index in [1.807, 2.05) is 19.1 Å². The van der Waals surface area contributed by atoms with E-state index in [1.54, 1.807) is 13.1 Å². The van der Waals surface area contributed by atoms with Crippen molar-refractivity contribution in [2.45, 2.75) is 20.4 Å². The number of carboxylic acid groups (broad SMARTS) is 1. The van der Waals surface area contributed by atoms with Crippen LogP contribution in [0.2, 0.25) is 0 Å². The molecule has 0 saturated carbocycles. The summed E-state index contributed by atoms with van der Waals surface area (Å²) in [5.41, 5.74) is 0.952. The highest BCUT2D eigenvalue weighted by Crippen LogP contribution is 2.10. The molecular formula is C12H17BrN2O2. The minimum atomic E-state index is -0.757. The van der Waals surface area contributed by atoms with Gasteiger partial charge < -0.3 is 5.11 Å². The van der Waals surface area contributed by atoms with Gasteiger partial charge in [0.1, 0.15) is 0 Å². The summed E-state index contributed by atoms with van der Waals surface area (Å²) >= 11 is 3.33. The van der Waals surface area contributed by atoms with Crippen LogP contribution < -0.4 is 0 Å². The van der Waals surface area contributed by atoms with Crippen molar-refractivity contribution in [3.63, 3.8) is 0 Å². The van der Waals surface area contributed by atoms with Crippen LogP contribution in [0, 0.1) is 5.92 Å². The fourth-order valence-corrected chi connectivity index (χ4v) is 1.73. The van der Waals surface area contributed by atoms with Crippen molar-refractivity contribution >= 4 is 21.9 Å². The highest BCUT2D eigenvalue weighted by molar-refractivity contribution is 9.10. The third kappa shape index (κ3) is 4.83. The number of carboxylic acids is 1. The molecule has 94 valence electrons. The lowest BCUT2D eigenvalue weighted by atomic mass is 10.1. The fourth-order valence-electron chi connectivity index (χ4n) is 1.50. The van der Waals surface area contributed by atoms with Gasteiger partial charge in [-0.05, 0) is 34.6 Å². The van der Waals surface area contributed by atoms with Crippen LogP contribution in [-0.4, -0.2) is 34.0 Å².